The Bertz CT molecular complexity index is 2470. The van der Waals surface area contributed by atoms with Crippen LogP contribution in [0.25, 0.3) is 0 Å². The second-order valence-corrected chi connectivity index (χ2v) is 18.1. The van der Waals surface area contributed by atoms with Gasteiger partial charge >= 0.3 is 5.97 Å². The van der Waals surface area contributed by atoms with Gasteiger partial charge in [-0.1, -0.05) is 84.9 Å². The van der Waals surface area contributed by atoms with E-state index in [0.29, 0.717) is 11.1 Å². The Morgan fingerprint density at radius 1 is 0.718 bits per heavy atom. The highest BCUT2D eigenvalue weighted by Gasteiger charge is 2.47. The molecule has 5 amide bonds. The summed E-state index contributed by atoms with van der Waals surface area (Å²) in [5, 5.41) is 61.5. The lowest BCUT2D eigenvalue weighted by atomic mass is 9.91. The molecule has 10 atom stereocenters. The molecule has 1 saturated heterocycles. The number of aliphatic hydroxyl groups excluding tert-OH is 3. The zero-order valence-corrected chi connectivity index (χ0v) is 39.9. The van der Waals surface area contributed by atoms with Crippen LogP contribution in [0.15, 0.2) is 97.1 Å². The van der Waals surface area contributed by atoms with Gasteiger partial charge in [0.25, 0.3) is 5.91 Å². The lowest BCUT2D eigenvalue weighted by Gasteiger charge is -2.38. The summed E-state index contributed by atoms with van der Waals surface area (Å²) in [5.41, 5.74) is 11.9. The maximum atomic E-state index is 14.7. The van der Waals surface area contributed by atoms with E-state index < -0.39 is 96.4 Å². The predicted octanol–water partition coefficient (Wildman–Crippen LogP) is 0.597. The van der Waals surface area contributed by atoms with E-state index in [1.807, 2.05) is 38.1 Å². The van der Waals surface area contributed by atoms with Crippen molar-refractivity contribution in [1.29, 1.82) is 0 Å². The first kappa shape index (κ1) is 53.6. The van der Waals surface area contributed by atoms with Gasteiger partial charge in [0, 0.05) is 39.5 Å². The number of ether oxygens (including phenoxy) is 2. The first-order valence-electron chi connectivity index (χ1n) is 23.6. The number of nitrogens with zero attached hydrogens (tertiary/aromatic N) is 1. The number of aryl methyl sites for hydroxylation is 2. The Hall–Kier alpha value is -6.74. The number of benzene rings is 4. The van der Waals surface area contributed by atoms with Crippen LogP contribution in [0.2, 0.25) is 0 Å². The molecule has 0 radical (unpaired) electrons. The Balaban J connectivity index is 1.16. The number of carboxylic acids is 1. The number of phenolic OH excluding ortho intramolecular Hbond substituents is 1. The highest BCUT2D eigenvalue weighted by atomic mass is 16.7. The van der Waals surface area contributed by atoms with E-state index in [2.05, 4.69) is 21.3 Å². The first-order chi connectivity index (χ1) is 33.9. The molecular formula is C52H64N6O13. The molecule has 380 valence electrons. The molecule has 11 N–H and O–H groups in total. The summed E-state index contributed by atoms with van der Waals surface area (Å²) in [4.78, 5) is 84.4. The van der Waals surface area contributed by atoms with Crippen LogP contribution in [0.5, 0.6) is 5.75 Å². The minimum atomic E-state index is -1.74. The lowest BCUT2D eigenvalue weighted by molar-refractivity contribution is -0.283. The second-order valence-electron chi connectivity index (χ2n) is 18.1. The van der Waals surface area contributed by atoms with Crippen molar-refractivity contribution in [3.05, 3.63) is 136 Å². The molecule has 0 aliphatic carbocycles. The number of phenols is 1. The molecule has 1 fully saturated rings. The van der Waals surface area contributed by atoms with Gasteiger partial charge in [-0.25, -0.2) is 4.79 Å². The van der Waals surface area contributed by atoms with Gasteiger partial charge in [-0.3, -0.25) is 24.0 Å². The molecular weight excluding hydrogens is 917 g/mol. The van der Waals surface area contributed by atoms with Crippen LogP contribution >= 0.6 is 0 Å². The lowest BCUT2D eigenvalue weighted by Crippen LogP contribution is -2.61. The van der Waals surface area contributed by atoms with Crippen LogP contribution in [-0.4, -0.2) is 141 Å². The van der Waals surface area contributed by atoms with Crippen molar-refractivity contribution in [3.63, 3.8) is 0 Å². The highest BCUT2D eigenvalue weighted by Crippen LogP contribution is 2.27. The van der Waals surface area contributed by atoms with Crippen molar-refractivity contribution in [2.75, 3.05) is 13.7 Å². The molecule has 4 aromatic carbocycles. The van der Waals surface area contributed by atoms with Gasteiger partial charge in [0.15, 0.2) is 12.4 Å². The summed E-state index contributed by atoms with van der Waals surface area (Å²) in [6.07, 6.45) is -7.38. The second kappa shape index (κ2) is 24.9. The Morgan fingerprint density at radius 3 is 1.85 bits per heavy atom. The van der Waals surface area contributed by atoms with Crippen molar-refractivity contribution < 1.29 is 63.8 Å². The number of amides is 5. The molecule has 4 aromatic rings. The molecule has 2 aliphatic rings. The SMILES string of the molecule is CO[C@@H]1O[C@H](C(=O)NCCCC[C@H](NC(=O)[C@H](Cc2ccccc2)NC(=O)[C@H](Cc2ccccc2)NC(=O)[C@@H]2Cc3ccccc3CN2C(=O)[C@@H](N)Cc2c(C)cc(O)cc2C)C(=O)O)[C@@H](O)[C@H](O)[C@H]1O. The fourth-order valence-corrected chi connectivity index (χ4v) is 9.03. The van der Waals surface area contributed by atoms with Crippen LogP contribution in [0, 0.1) is 13.8 Å². The smallest absolute Gasteiger partial charge is 0.326 e. The Kier molecular flexibility index (Phi) is 18.8. The van der Waals surface area contributed by atoms with Crippen molar-refractivity contribution in [1.82, 2.24) is 26.2 Å². The topological polar surface area (TPSA) is 299 Å². The van der Waals surface area contributed by atoms with Gasteiger partial charge in [0.1, 0.15) is 48.2 Å². The van der Waals surface area contributed by atoms with E-state index in [1.165, 1.54) is 12.0 Å². The predicted molar refractivity (Wildman–Crippen MR) is 258 cm³/mol. The molecule has 0 bridgehead atoms. The number of carbonyl (C=O) groups is 6. The van der Waals surface area contributed by atoms with E-state index in [9.17, 15) is 54.3 Å². The molecule has 19 heteroatoms. The summed E-state index contributed by atoms with van der Waals surface area (Å²) < 4.78 is 10.3. The molecule has 71 heavy (non-hydrogen) atoms. The summed E-state index contributed by atoms with van der Waals surface area (Å²) in [5.74, 6) is -4.70. The largest absolute Gasteiger partial charge is 0.508 e. The molecule has 2 aliphatic heterocycles. The van der Waals surface area contributed by atoms with Crippen molar-refractivity contribution >= 4 is 35.5 Å². The minimum Gasteiger partial charge on any atom is -0.508 e. The van der Waals surface area contributed by atoms with Gasteiger partial charge in [-0.15, -0.1) is 0 Å². The fourth-order valence-electron chi connectivity index (χ4n) is 9.03. The van der Waals surface area contributed by atoms with Crippen molar-refractivity contribution in [3.8, 4) is 5.75 Å². The zero-order valence-electron chi connectivity index (χ0n) is 39.9. The van der Waals surface area contributed by atoms with Gasteiger partial charge in [-0.05, 0) is 90.6 Å². The third-order valence-electron chi connectivity index (χ3n) is 13.0. The molecule has 0 spiro atoms. The summed E-state index contributed by atoms with van der Waals surface area (Å²) in [7, 11) is 1.20. The summed E-state index contributed by atoms with van der Waals surface area (Å²) in [6, 6.07) is 22.2. The number of carbonyl (C=O) groups excluding carboxylic acids is 5. The number of aromatic hydroxyl groups is 1. The first-order valence-corrected chi connectivity index (χ1v) is 23.6. The number of aliphatic hydroxyl groups is 3. The van der Waals surface area contributed by atoms with Crippen LogP contribution in [-0.2, 0) is 70.5 Å². The quantitative estimate of drug-likeness (QED) is 0.0512. The number of nitrogens with one attached hydrogen (secondary N) is 4. The van der Waals surface area contributed by atoms with Crippen LogP contribution in [0.1, 0.15) is 58.2 Å². The minimum absolute atomic E-state index is 0.00844. The van der Waals surface area contributed by atoms with Gasteiger partial charge in [0.05, 0.1) is 6.04 Å². The van der Waals surface area contributed by atoms with E-state index >= 15 is 0 Å². The maximum absolute atomic E-state index is 14.7. The maximum Gasteiger partial charge on any atom is 0.326 e. The number of aliphatic carboxylic acids is 1. The normalized spacial score (nSPS) is 21.4. The molecule has 0 saturated carbocycles. The van der Waals surface area contributed by atoms with Gasteiger partial charge < -0.3 is 66.9 Å². The van der Waals surface area contributed by atoms with Gasteiger partial charge in [-0.2, -0.15) is 0 Å². The molecule has 0 aromatic heterocycles. The number of carboxylic acid groups (broad SMARTS) is 1. The third kappa shape index (κ3) is 14.0. The van der Waals surface area contributed by atoms with Crippen molar-refractivity contribution in [2.24, 2.45) is 5.73 Å². The monoisotopic (exact) mass is 980 g/mol. The zero-order chi connectivity index (χ0) is 51.4. The van der Waals surface area contributed by atoms with E-state index in [1.54, 1.807) is 72.8 Å². The Labute approximate surface area is 411 Å². The number of rotatable bonds is 21. The number of unbranched alkanes of at least 4 members (excludes halogenated alkanes) is 1. The van der Waals surface area contributed by atoms with Crippen LogP contribution < -0.4 is 27.0 Å². The van der Waals surface area contributed by atoms with E-state index in [-0.39, 0.29) is 63.8 Å². The number of fused-ring (bicyclic) bond motifs is 1. The summed E-state index contributed by atoms with van der Waals surface area (Å²) >= 11 is 0. The highest BCUT2D eigenvalue weighted by molar-refractivity contribution is 5.96. The Morgan fingerprint density at radius 2 is 1.27 bits per heavy atom. The molecule has 2 heterocycles. The average molecular weight is 981 g/mol. The number of methoxy groups -OCH3 is 1. The number of nitrogens with two attached hydrogens (primary N) is 1. The molecule has 19 nitrogen and oxygen atoms in total. The van der Waals surface area contributed by atoms with E-state index in [0.717, 1.165) is 27.8 Å². The molecule has 0 unspecified atom stereocenters. The number of hydrogen-bond acceptors (Lipinski definition) is 13. The van der Waals surface area contributed by atoms with Crippen LogP contribution in [0.4, 0.5) is 0 Å². The summed E-state index contributed by atoms with van der Waals surface area (Å²) in [6.45, 7) is 3.72. The van der Waals surface area contributed by atoms with Crippen LogP contribution in [0.3, 0.4) is 0 Å². The fraction of sp³-hybridized carbons (Fsp3) is 0.423. The van der Waals surface area contributed by atoms with Gasteiger partial charge in [0.2, 0.25) is 23.6 Å². The van der Waals surface area contributed by atoms with Crippen molar-refractivity contribution in [2.45, 2.75) is 126 Å². The third-order valence-corrected chi connectivity index (χ3v) is 13.0. The standard InChI is InChI=1S/C52H64N6O13/c1-29-22-35(59)23-30(2)36(29)27-37(53)50(67)58-28-34-19-11-10-18-33(34)26-41(58)48(65)57-40(25-32-16-8-5-9-17-32)47(64)56-39(24-31-14-6-4-7-15-31)46(63)55-38(51(68)69)20-12-13-21-54-49(66)45-43(61)42(60)44(62)52(70-3)71-45/h4-11,14-19,22-23,37-45,52,59-62H,12-13,20-21,24-28,53H2,1-3H3,(H,54,66)(H,55,63)(H,56,64)(H,57,65)(H,68,69)/t37-,38-,39-,40-,41-,42-,43-,44+,45-,52+/m0/s1. The molecule has 6 rings (SSSR count). The van der Waals surface area contributed by atoms with E-state index in [4.69, 9.17) is 15.2 Å². The average Bonchev–Trinajstić information content (AvgIpc) is 3.35. The number of hydrogen-bond donors (Lipinski definition) is 10.